The van der Waals surface area contributed by atoms with E-state index in [1.54, 1.807) is 61.7 Å². The average Bonchev–Trinajstić information content (AvgIpc) is 3.57. The standard InChI is InChI=1S/C33H32N2O6S/c1-6-39-31(37)24-10-8-9-23(17-24)26-16-15-25(41-26)18-27-30(36)35-29(22-13-11-21(12-14-22)19(3)4)28(32(38)40-7-2)20(5)34-33(35)42-27/h8-19,29H,6-7H2,1-5H3/b27-18+. The molecule has 1 atom stereocenters. The monoisotopic (exact) mass is 584 g/mol. The van der Waals surface area contributed by atoms with Crippen LogP contribution < -0.4 is 14.9 Å². The van der Waals surface area contributed by atoms with Crippen LogP contribution >= 0.6 is 11.3 Å². The fraction of sp³-hybridized carbons (Fsp3) is 0.273. The fourth-order valence-corrected chi connectivity index (χ4v) is 5.93. The summed E-state index contributed by atoms with van der Waals surface area (Å²) in [6, 6.07) is 17.8. The summed E-state index contributed by atoms with van der Waals surface area (Å²) in [6.45, 7) is 10.0. The summed E-state index contributed by atoms with van der Waals surface area (Å²) in [6.07, 6.45) is 1.67. The van der Waals surface area contributed by atoms with E-state index in [9.17, 15) is 14.4 Å². The summed E-state index contributed by atoms with van der Waals surface area (Å²) >= 11 is 1.23. The van der Waals surface area contributed by atoms with Crippen LogP contribution in [0.5, 0.6) is 0 Å². The van der Waals surface area contributed by atoms with Crippen molar-refractivity contribution in [1.82, 2.24) is 4.57 Å². The maximum Gasteiger partial charge on any atom is 0.338 e. The Morgan fingerprint density at radius 1 is 1.02 bits per heavy atom. The summed E-state index contributed by atoms with van der Waals surface area (Å²) in [5.41, 5.74) is 3.66. The van der Waals surface area contributed by atoms with Gasteiger partial charge in [-0.2, -0.15) is 0 Å². The number of furan rings is 1. The minimum Gasteiger partial charge on any atom is -0.463 e. The summed E-state index contributed by atoms with van der Waals surface area (Å²) in [7, 11) is 0. The van der Waals surface area contributed by atoms with Crippen LogP contribution in [0.1, 0.15) is 73.8 Å². The molecule has 42 heavy (non-hydrogen) atoms. The van der Waals surface area contributed by atoms with Crippen molar-refractivity contribution in [3.63, 3.8) is 0 Å². The molecule has 0 radical (unpaired) electrons. The molecular formula is C33H32N2O6S. The predicted octanol–water partition coefficient (Wildman–Crippen LogP) is 5.36. The number of hydrogen-bond acceptors (Lipinski definition) is 8. The Bertz CT molecular complexity index is 1860. The number of aromatic nitrogens is 1. The molecule has 0 saturated carbocycles. The van der Waals surface area contributed by atoms with Gasteiger partial charge < -0.3 is 13.9 Å². The van der Waals surface area contributed by atoms with Crippen molar-refractivity contribution in [3.05, 3.63) is 114 Å². The highest BCUT2D eigenvalue weighted by Gasteiger charge is 2.33. The average molecular weight is 585 g/mol. The Balaban J connectivity index is 1.57. The van der Waals surface area contributed by atoms with E-state index in [-0.39, 0.29) is 18.8 Å². The van der Waals surface area contributed by atoms with Gasteiger partial charge in [0.05, 0.1) is 40.6 Å². The number of carbonyl (C=O) groups is 2. The number of hydrogen-bond donors (Lipinski definition) is 0. The molecule has 0 aliphatic carbocycles. The highest BCUT2D eigenvalue weighted by Crippen LogP contribution is 2.31. The van der Waals surface area contributed by atoms with Gasteiger partial charge in [0.25, 0.3) is 5.56 Å². The van der Waals surface area contributed by atoms with Crippen LogP contribution in [0.25, 0.3) is 17.4 Å². The van der Waals surface area contributed by atoms with Gasteiger partial charge in [0.15, 0.2) is 4.80 Å². The van der Waals surface area contributed by atoms with Gasteiger partial charge in [-0.05, 0) is 62.1 Å². The molecule has 0 bridgehead atoms. The van der Waals surface area contributed by atoms with Crippen LogP contribution in [-0.2, 0) is 14.3 Å². The van der Waals surface area contributed by atoms with E-state index in [1.807, 2.05) is 30.3 Å². The normalized spacial score (nSPS) is 15.0. The van der Waals surface area contributed by atoms with Gasteiger partial charge in [0.2, 0.25) is 0 Å². The number of thiazole rings is 1. The van der Waals surface area contributed by atoms with Gasteiger partial charge in [-0.3, -0.25) is 9.36 Å². The topological polar surface area (TPSA) is 100 Å². The zero-order valence-electron chi connectivity index (χ0n) is 24.2. The number of fused-ring (bicyclic) bond motifs is 1. The maximum absolute atomic E-state index is 13.9. The first-order chi connectivity index (χ1) is 20.2. The lowest BCUT2D eigenvalue weighted by atomic mass is 9.93. The first kappa shape index (κ1) is 29.0. The van der Waals surface area contributed by atoms with Crippen LogP contribution in [0.4, 0.5) is 0 Å². The third-order valence-corrected chi connectivity index (χ3v) is 7.98. The maximum atomic E-state index is 13.9. The Morgan fingerprint density at radius 3 is 2.43 bits per heavy atom. The molecule has 1 aliphatic heterocycles. The molecule has 2 aromatic carbocycles. The van der Waals surface area contributed by atoms with E-state index in [4.69, 9.17) is 13.9 Å². The second kappa shape index (κ2) is 12.2. The first-order valence-corrected chi connectivity index (χ1v) is 14.7. The first-order valence-electron chi connectivity index (χ1n) is 13.9. The summed E-state index contributed by atoms with van der Waals surface area (Å²) in [5.74, 6) is 0.457. The summed E-state index contributed by atoms with van der Waals surface area (Å²) in [4.78, 5) is 44.3. The van der Waals surface area contributed by atoms with Crippen molar-refractivity contribution in [1.29, 1.82) is 0 Å². The number of ether oxygens (including phenoxy) is 2. The number of esters is 2. The Kier molecular flexibility index (Phi) is 8.40. The van der Waals surface area contributed by atoms with Crippen molar-refractivity contribution in [2.24, 2.45) is 4.99 Å². The molecular weight excluding hydrogens is 552 g/mol. The molecule has 2 aromatic heterocycles. The number of carbonyl (C=O) groups excluding carboxylic acids is 2. The molecule has 1 aliphatic rings. The number of benzene rings is 2. The molecule has 0 spiro atoms. The quantitative estimate of drug-likeness (QED) is 0.259. The lowest BCUT2D eigenvalue weighted by Gasteiger charge is -2.25. The van der Waals surface area contributed by atoms with E-state index >= 15 is 0 Å². The number of allylic oxidation sites excluding steroid dienone is 1. The van der Waals surface area contributed by atoms with E-state index in [1.165, 1.54) is 11.3 Å². The Labute approximate surface area is 247 Å². The van der Waals surface area contributed by atoms with Crippen molar-refractivity contribution in [2.45, 2.75) is 46.6 Å². The number of rotatable bonds is 8. The number of nitrogens with zero attached hydrogens (tertiary/aromatic N) is 2. The van der Waals surface area contributed by atoms with Crippen LogP contribution in [0.15, 0.2) is 86.1 Å². The molecule has 5 rings (SSSR count). The summed E-state index contributed by atoms with van der Waals surface area (Å²) < 4.78 is 18.5. The molecule has 9 heteroatoms. The third kappa shape index (κ3) is 5.65. The molecule has 8 nitrogen and oxygen atoms in total. The highest BCUT2D eigenvalue weighted by molar-refractivity contribution is 7.07. The van der Waals surface area contributed by atoms with Crippen molar-refractivity contribution in [3.8, 4) is 11.3 Å². The molecule has 3 heterocycles. The zero-order chi connectivity index (χ0) is 30.0. The van der Waals surface area contributed by atoms with Crippen molar-refractivity contribution < 1.29 is 23.5 Å². The minimum absolute atomic E-state index is 0.211. The van der Waals surface area contributed by atoms with Gasteiger partial charge in [-0.25, -0.2) is 14.6 Å². The molecule has 1 unspecified atom stereocenters. The predicted molar refractivity (Wildman–Crippen MR) is 161 cm³/mol. The van der Waals surface area contributed by atoms with Gasteiger partial charge in [-0.1, -0.05) is 61.6 Å². The molecule has 0 N–H and O–H groups in total. The van der Waals surface area contributed by atoms with E-state index in [0.29, 0.717) is 49.2 Å². The largest absolute Gasteiger partial charge is 0.463 e. The van der Waals surface area contributed by atoms with Gasteiger partial charge >= 0.3 is 11.9 Å². The van der Waals surface area contributed by atoms with Crippen molar-refractivity contribution in [2.75, 3.05) is 13.2 Å². The highest BCUT2D eigenvalue weighted by atomic mass is 32.1. The van der Waals surface area contributed by atoms with Crippen LogP contribution in [-0.4, -0.2) is 29.7 Å². The van der Waals surface area contributed by atoms with Crippen molar-refractivity contribution >= 4 is 29.4 Å². The van der Waals surface area contributed by atoms with Crippen LogP contribution in [0, 0.1) is 0 Å². The van der Waals surface area contributed by atoms with Gasteiger partial charge in [-0.15, -0.1) is 0 Å². The van der Waals surface area contributed by atoms with Gasteiger partial charge in [0.1, 0.15) is 11.5 Å². The molecule has 0 fully saturated rings. The second-order valence-corrected chi connectivity index (χ2v) is 11.1. The Morgan fingerprint density at radius 2 is 1.74 bits per heavy atom. The van der Waals surface area contributed by atoms with E-state index in [2.05, 4.69) is 18.8 Å². The van der Waals surface area contributed by atoms with Crippen LogP contribution in [0.2, 0.25) is 0 Å². The lowest BCUT2D eigenvalue weighted by Crippen LogP contribution is -2.39. The third-order valence-electron chi connectivity index (χ3n) is 6.99. The summed E-state index contributed by atoms with van der Waals surface area (Å²) in [5, 5.41) is 0. The fourth-order valence-electron chi connectivity index (χ4n) is 4.90. The van der Waals surface area contributed by atoms with E-state index < -0.39 is 18.0 Å². The molecule has 216 valence electrons. The minimum atomic E-state index is -0.679. The lowest BCUT2D eigenvalue weighted by molar-refractivity contribution is -0.139. The zero-order valence-corrected chi connectivity index (χ0v) is 25.0. The Hall–Kier alpha value is -4.50. The second-order valence-electron chi connectivity index (χ2n) is 10.1. The molecule has 0 saturated heterocycles. The SMILES string of the molecule is CCOC(=O)C1=C(C)N=c2s/c(=C/c3ccc(-c4cccc(C(=O)OCC)c4)o3)c(=O)n2C1c1ccc(C(C)C)cc1. The molecule has 0 amide bonds. The molecule has 4 aromatic rings. The van der Waals surface area contributed by atoms with Gasteiger partial charge in [0, 0.05) is 11.6 Å². The smallest absolute Gasteiger partial charge is 0.338 e. The van der Waals surface area contributed by atoms with Crippen LogP contribution in [0.3, 0.4) is 0 Å². The van der Waals surface area contributed by atoms with E-state index in [0.717, 1.165) is 11.1 Å².